The maximum Gasteiger partial charge on any atom is 0.200 e. The van der Waals surface area contributed by atoms with Crippen molar-refractivity contribution < 1.29 is 9.15 Å². The molecule has 0 aliphatic rings. The van der Waals surface area contributed by atoms with E-state index in [9.17, 15) is 0 Å². The highest BCUT2D eigenvalue weighted by Crippen LogP contribution is 2.30. The highest BCUT2D eigenvalue weighted by atomic mass is 16.5. The summed E-state index contributed by atoms with van der Waals surface area (Å²) < 4.78 is 12.3. The summed E-state index contributed by atoms with van der Waals surface area (Å²) in [6.45, 7) is 0. The lowest BCUT2D eigenvalue weighted by molar-refractivity contribution is 0.414. The largest absolute Gasteiger partial charge is 0.497 e. The number of hydrogen-bond donors (Lipinski definition) is 1. The second-order valence-corrected chi connectivity index (χ2v) is 6.87. The first-order valence-electron chi connectivity index (χ1n) is 9.18. The first-order valence-corrected chi connectivity index (χ1v) is 9.18. The van der Waals surface area contributed by atoms with Crippen LogP contribution in [0.1, 0.15) is 22.7 Å². The van der Waals surface area contributed by atoms with Gasteiger partial charge in [0.1, 0.15) is 5.75 Å². The summed E-state index contributed by atoms with van der Waals surface area (Å²) in [6.07, 6.45) is 6.28. The molecule has 0 radical (unpaired) electrons. The van der Waals surface area contributed by atoms with Crippen LogP contribution < -0.4 is 10.5 Å². The molecule has 28 heavy (non-hydrogen) atoms. The fourth-order valence-electron chi connectivity index (χ4n) is 3.40. The van der Waals surface area contributed by atoms with Gasteiger partial charge in [-0.2, -0.15) is 0 Å². The molecule has 0 amide bonds. The lowest BCUT2D eigenvalue weighted by Gasteiger charge is -2.16. The zero-order valence-electron chi connectivity index (χ0n) is 16.0. The molecule has 1 unspecified atom stereocenters. The minimum absolute atomic E-state index is 0.106. The molecule has 4 rings (SSSR count). The minimum atomic E-state index is 0.106. The molecule has 0 fully saturated rings. The van der Waals surface area contributed by atoms with Crippen molar-refractivity contribution in [1.29, 1.82) is 0 Å². The molecule has 0 saturated heterocycles. The molecule has 0 spiro atoms. The standard InChI is InChI=1S/C23H23N3O2/c1-26-14-22(25-23(26)24)21(18-7-9-20(27-2)10-8-18)13-16-3-5-17(6-4-16)19-11-12-28-15-19/h3-12,14-15,21H,13H2,1-2H3,(H2,24,25). The number of furan rings is 1. The molecule has 2 heterocycles. The Labute approximate surface area is 164 Å². The summed E-state index contributed by atoms with van der Waals surface area (Å²) in [5.74, 6) is 1.46. The molecule has 2 aromatic carbocycles. The topological polar surface area (TPSA) is 66.2 Å². The molecule has 2 aromatic heterocycles. The Hall–Kier alpha value is -3.47. The molecule has 142 valence electrons. The van der Waals surface area contributed by atoms with Gasteiger partial charge in [0, 0.05) is 24.7 Å². The van der Waals surface area contributed by atoms with E-state index in [2.05, 4.69) is 41.4 Å². The summed E-state index contributed by atoms with van der Waals surface area (Å²) in [5.41, 5.74) is 11.6. The fraction of sp³-hybridized carbons (Fsp3) is 0.174. The third-order valence-electron chi connectivity index (χ3n) is 5.05. The fourth-order valence-corrected chi connectivity index (χ4v) is 3.40. The van der Waals surface area contributed by atoms with Crippen LogP contribution in [0, 0.1) is 0 Å². The molecular weight excluding hydrogens is 350 g/mol. The molecule has 4 aromatic rings. The van der Waals surface area contributed by atoms with Gasteiger partial charge in [-0.3, -0.25) is 0 Å². The van der Waals surface area contributed by atoms with Crippen molar-refractivity contribution in [2.75, 3.05) is 12.8 Å². The Morgan fingerprint density at radius 1 is 1.04 bits per heavy atom. The van der Waals surface area contributed by atoms with E-state index in [0.717, 1.165) is 29.0 Å². The van der Waals surface area contributed by atoms with Gasteiger partial charge in [-0.15, -0.1) is 0 Å². The zero-order valence-corrected chi connectivity index (χ0v) is 16.0. The number of hydrogen-bond acceptors (Lipinski definition) is 4. The van der Waals surface area contributed by atoms with Crippen molar-refractivity contribution in [1.82, 2.24) is 9.55 Å². The number of aryl methyl sites for hydroxylation is 1. The molecule has 2 N–H and O–H groups in total. The third-order valence-corrected chi connectivity index (χ3v) is 5.05. The number of nitrogen functional groups attached to an aromatic ring is 1. The number of imidazole rings is 1. The van der Waals surface area contributed by atoms with Crippen LogP contribution in [0.5, 0.6) is 5.75 Å². The van der Waals surface area contributed by atoms with Crippen LogP contribution in [0.25, 0.3) is 11.1 Å². The predicted molar refractivity (Wildman–Crippen MR) is 110 cm³/mol. The van der Waals surface area contributed by atoms with Crippen LogP contribution in [-0.4, -0.2) is 16.7 Å². The normalized spacial score (nSPS) is 12.1. The van der Waals surface area contributed by atoms with Crippen molar-refractivity contribution in [3.05, 3.63) is 90.1 Å². The molecule has 0 aliphatic heterocycles. The molecule has 0 aliphatic carbocycles. The summed E-state index contributed by atoms with van der Waals surface area (Å²) in [4.78, 5) is 4.58. The summed E-state index contributed by atoms with van der Waals surface area (Å²) >= 11 is 0. The van der Waals surface area contributed by atoms with Crippen molar-refractivity contribution >= 4 is 5.95 Å². The predicted octanol–water partition coefficient (Wildman–Crippen LogP) is 4.65. The van der Waals surface area contributed by atoms with Gasteiger partial charge >= 0.3 is 0 Å². The van der Waals surface area contributed by atoms with Crippen LogP contribution in [0.4, 0.5) is 5.95 Å². The van der Waals surface area contributed by atoms with E-state index in [1.54, 1.807) is 19.6 Å². The van der Waals surface area contributed by atoms with Crippen molar-refractivity contribution in [3.63, 3.8) is 0 Å². The quantitative estimate of drug-likeness (QED) is 0.534. The van der Waals surface area contributed by atoms with Gasteiger partial charge in [-0.1, -0.05) is 36.4 Å². The highest BCUT2D eigenvalue weighted by Gasteiger charge is 2.19. The number of ether oxygens (including phenoxy) is 1. The molecule has 0 saturated carbocycles. The van der Waals surface area contributed by atoms with Gasteiger partial charge in [0.25, 0.3) is 0 Å². The molecule has 1 atom stereocenters. The average Bonchev–Trinajstić information content (AvgIpc) is 3.37. The van der Waals surface area contributed by atoms with Gasteiger partial charge in [0.2, 0.25) is 0 Å². The van der Waals surface area contributed by atoms with Crippen molar-refractivity contribution in [3.8, 4) is 16.9 Å². The summed E-state index contributed by atoms with van der Waals surface area (Å²) in [6, 6.07) is 18.7. The maximum absolute atomic E-state index is 5.99. The first kappa shape index (κ1) is 17.9. The van der Waals surface area contributed by atoms with Crippen LogP contribution in [-0.2, 0) is 13.5 Å². The number of rotatable bonds is 6. The molecule has 5 nitrogen and oxygen atoms in total. The Bertz CT molecular complexity index is 1010. The Morgan fingerprint density at radius 2 is 1.79 bits per heavy atom. The molecular formula is C23H23N3O2. The van der Waals surface area contributed by atoms with Crippen LogP contribution in [0.3, 0.4) is 0 Å². The van der Waals surface area contributed by atoms with Gasteiger partial charge < -0.3 is 19.5 Å². The van der Waals surface area contributed by atoms with E-state index in [1.165, 1.54) is 11.1 Å². The zero-order chi connectivity index (χ0) is 19.5. The van der Waals surface area contributed by atoms with E-state index in [1.807, 2.05) is 36.0 Å². The van der Waals surface area contributed by atoms with Gasteiger partial charge in [0.15, 0.2) is 5.95 Å². The van der Waals surface area contributed by atoms with E-state index in [4.69, 9.17) is 14.9 Å². The van der Waals surface area contributed by atoms with E-state index < -0.39 is 0 Å². The Kier molecular flexibility index (Phi) is 4.89. The SMILES string of the molecule is COc1ccc(C(Cc2ccc(-c3ccoc3)cc2)c2cn(C)c(N)n2)cc1. The smallest absolute Gasteiger partial charge is 0.200 e. The highest BCUT2D eigenvalue weighted by molar-refractivity contribution is 5.62. The number of nitrogens with zero attached hydrogens (tertiary/aromatic N) is 2. The van der Waals surface area contributed by atoms with Gasteiger partial charge in [-0.05, 0) is 41.3 Å². The average molecular weight is 373 g/mol. The number of methoxy groups -OCH3 is 1. The molecule has 5 heteroatoms. The monoisotopic (exact) mass is 373 g/mol. The maximum atomic E-state index is 5.99. The van der Waals surface area contributed by atoms with E-state index in [0.29, 0.717) is 5.95 Å². The van der Waals surface area contributed by atoms with Crippen LogP contribution in [0.15, 0.2) is 77.7 Å². The van der Waals surface area contributed by atoms with Gasteiger partial charge in [-0.25, -0.2) is 4.98 Å². The lowest BCUT2D eigenvalue weighted by atomic mass is 9.89. The Morgan fingerprint density at radius 3 is 2.36 bits per heavy atom. The van der Waals surface area contributed by atoms with E-state index >= 15 is 0 Å². The lowest BCUT2D eigenvalue weighted by Crippen LogP contribution is -2.06. The third kappa shape index (κ3) is 3.64. The second-order valence-electron chi connectivity index (χ2n) is 6.87. The van der Waals surface area contributed by atoms with Crippen molar-refractivity contribution in [2.45, 2.75) is 12.3 Å². The number of anilines is 1. The summed E-state index contributed by atoms with van der Waals surface area (Å²) in [7, 11) is 3.59. The minimum Gasteiger partial charge on any atom is -0.497 e. The molecule has 0 bridgehead atoms. The first-order chi connectivity index (χ1) is 13.6. The second kappa shape index (κ2) is 7.64. The van der Waals surface area contributed by atoms with Crippen LogP contribution in [0.2, 0.25) is 0 Å². The number of nitrogens with two attached hydrogens (primary N) is 1. The van der Waals surface area contributed by atoms with Crippen LogP contribution >= 0.6 is 0 Å². The number of benzene rings is 2. The van der Waals surface area contributed by atoms with Crippen molar-refractivity contribution in [2.24, 2.45) is 7.05 Å². The number of aromatic nitrogens is 2. The van der Waals surface area contributed by atoms with E-state index in [-0.39, 0.29) is 5.92 Å². The Balaban J connectivity index is 1.65. The summed E-state index contributed by atoms with van der Waals surface area (Å²) in [5, 5.41) is 0. The van der Waals surface area contributed by atoms with Gasteiger partial charge in [0.05, 0.1) is 25.3 Å².